The van der Waals surface area contributed by atoms with Gasteiger partial charge in [-0.3, -0.25) is 4.79 Å². The van der Waals surface area contributed by atoms with E-state index < -0.39 is 0 Å². The number of carbonyl (C=O) groups is 1. The minimum Gasteiger partial charge on any atom is -0.267 e. The van der Waals surface area contributed by atoms with Gasteiger partial charge in [0.25, 0.3) is 5.91 Å². The smallest absolute Gasteiger partial charge is 0.267 e. The summed E-state index contributed by atoms with van der Waals surface area (Å²) >= 11 is 0. The minimum atomic E-state index is 0.0106. The number of fused-ring (bicyclic) bond motifs is 3. The van der Waals surface area contributed by atoms with Gasteiger partial charge in [0.05, 0.1) is 11.7 Å². The van der Waals surface area contributed by atoms with Crippen molar-refractivity contribution in [3.8, 4) is 0 Å². The molecule has 1 atom stereocenters. The molecule has 29 heavy (non-hydrogen) atoms. The molecular weight excluding hydrogens is 356 g/mol. The Balaban J connectivity index is 1.55. The van der Waals surface area contributed by atoms with E-state index in [1.165, 1.54) is 11.1 Å². The number of hydrogen-bond donors (Lipinski definition) is 0. The first-order valence-electron chi connectivity index (χ1n) is 10.00. The Hall–Kier alpha value is -3.43. The third-order valence-electron chi connectivity index (χ3n) is 5.59. The zero-order chi connectivity index (χ0) is 19.6. The summed E-state index contributed by atoms with van der Waals surface area (Å²) in [5.41, 5.74) is 5.39. The molecule has 3 aromatic rings. The van der Waals surface area contributed by atoms with Crippen molar-refractivity contribution in [3.63, 3.8) is 0 Å². The van der Waals surface area contributed by atoms with E-state index in [1.54, 1.807) is 0 Å². The van der Waals surface area contributed by atoms with Crippen molar-refractivity contribution in [2.75, 3.05) is 6.54 Å². The number of nitrogens with zero attached hydrogens (tertiary/aromatic N) is 2. The normalized spacial score (nSPS) is 18.4. The van der Waals surface area contributed by atoms with Crippen molar-refractivity contribution in [2.45, 2.75) is 12.5 Å². The lowest BCUT2D eigenvalue weighted by Crippen LogP contribution is -2.45. The molecule has 3 heteroatoms. The van der Waals surface area contributed by atoms with E-state index in [2.05, 4.69) is 59.6 Å². The predicted octanol–water partition coefficient (Wildman–Crippen LogP) is 5.25. The molecule has 2 aliphatic rings. The van der Waals surface area contributed by atoms with Gasteiger partial charge in [-0.25, -0.2) is 10.0 Å². The predicted molar refractivity (Wildman–Crippen MR) is 116 cm³/mol. The molecule has 3 aromatic carbocycles. The molecule has 2 aliphatic heterocycles. The number of amides is 1. The molecule has 2 heterocycles. The molecule has 0 aliphatic carbocycles. The van der Waals surface area contributed by atoms with Gasteiger partial charge >= 0.3 is 0 Å². The molecule has 0 N–H and O–H groups in total. The van der Waals surface area contributed by atoms with Crippen molar-refractivity contribution in [1.29, 1.82) is 0 Å². The average Bonchev–Trinajstić information content (AvgIpc) is 3.17. The zero-order valence-electron chi connectivity index (χ0n) is 16.1. The second-order valence-corrected chi connectivity index (χ2v) is 7.38. The van der Waals surface area contributed by atoms with E-state index in [0.717, 1.165) is 24.2 Å². The number of hydrazine groups is 1. The molecule has 0 radical (unpaired) electrons. The Kier molecular flexibility index (Phi) is 4.59. The van der Waals surface area contributed by atoms with Crippen molar-refractivity contribution in [1.82, 2.24) is 10.0 Å². The second-order valence-electron chi connectivity index (χ2n) is 7.38. The molecule has 3 nitrogen and oxygen atoms in total. The van der Waals surface area contributed by atoms with E-state index in [1.807, 2.05) is 53.5 Å². The number of hydrogen-bond acceptors (Lipinski definition) is 2. The maximum absolute atomic E-state index is 13.4. The molecule has 5 rings (SSSR count). The largest absolute Gasteiger partial charge is 0.272 e. The van der Waals surface area contributed by atoms with Crippen molar-refractivity contribution in [2.24, 2.45) is 0 Å². The second kappa shape index (κ2) is 7.53. The van der Waals surface area contributed by atoms with Crippen LogP contribution in [-0.2, 0) is 6.42 Å². The first kappa shape index (κ1) is 17.7. The molecule has 0 saturated heterocycles. The first-order chi connectivity index (χ1) is 14.3. The van der Waals surface area contributed by atoms with Gasteiger partial charge in [-0.05, 0) is 47.4 Å². The fourth-order valence-corrected chi connectivity index (χ4v) is 4.17. The summed E-state index contributed by atoms with van der Waals surface area (Å²) in [6.45, 7) is 0.819. The van der Waals surface area contributed by atoms with Gasteiger partial charge in [-0.2, -0.15) is 0 Å². The number of benzene rings is 3. The molecular formula is C26H22N2O. The van der Waals surface area contributed by atoms with E-state index in [4.69, 9.17) is 0 Å². The molecule has 0 aromatic heterocycles. The van der Waals surface area contributed by atoms with Gasteiger partial charge in [0.15, 0.2) is 0 Å². The Morgan fingerprint density at radius 2 is 1.52 bits per heavy atom. The van der Waals surface area contributed by atoms with Crippen LogP contribution in [0.3, 0.4) is 0 Å². The standard InChI is InChI=1S/C26H22N2O/c29-26(22-12-5-2-6-13-22)28-23(16-15-20-9-3-1-4-10-20)19-25-24-14-8-7-11-21(24)17-18-27(25)28/h1-16,19,25H,17-18H2/b16-15+/t25-/m1/s1. The van der Waals surface area contributed by atoms with Crippen LogP contribution < -0.4 is 0 Å². The Morgan fingerprint density at radius 1 is 0.828 bits per heavy atom. The lowest BCUT2D eigenvalue weighted by Gasteiger charge is -2.37. The molecule has 0 unspecified atom stereocenters. The van der Waals surface area contributed by atoms with Crippen LogP contribution in [0.4, 0.5) is 0 Å². The summed E-state index contributed by atoms with van der Waals surface area (Å²) in [5, 5.41) is 4.05. The lowest BCUT2D eigenvalue weighted by atomic mass is 9.94. The first-order valence-corrected chi connectivity index (χ1v) is 10.00. The van der Waals surface area contributed by atoms with E-state index in [-0.39, 0.29) is 11.9 Å². The van der Waals surface area contributed by atoms with Crippen LogP contribution >= 0.6 is 0 Å². The maximum atomic E-state index is 13.4. The highest BCUT2D eigenvalue weighted by atomic mass is 16.2. The minimum absolute atomic E-state index is 0.0106. The van der Waals surface area contributed by atoms with E-state index in [0.29, 0.717) is 5.56 Å². The highest BCUT2D eigenvalue weighted by Crippen LogP contribution is 2.40. The van der Waals surface area contributed by atoms with Crippen molar-refractivity contribution in [3.05, 3.63) is 125 Å². The summed E-state index contributed by atoms with van der Waals surface area (Å²) in [7, 11) is 0. The van der Waals surface area contributed by atoms with Gasteiger partial charge in [-0.1, -0.05) is 78.9 Å². The lowest BCUT2D eigenvalue weighted by molar-refractivity contribution is 0.00740. The van der Waals surface area contributed by atoms with Crippen molar-refractivity contribution >= 4 is 12.0 Å². The Bertz CT molecular complexity index is 1090. The number of rotatable bonds is 3. The highest BCUT2D eigenvalue weighted by molar-refractivity contribution is 5.95. The molecule has 0 spiro atoms. The van der Waals surface area contributed by atoms with Crippen LogP contribution in [0.1, 0.15) is 33.1 Å². The third-order valence-corrected chi connectivity index (χ3v) is 5.59. The van der Waals surface area contributed by atoms with Crippen molar-refractivity contribution < 1.29 is 4.79 Å². The topological polar surface area (TPSA) is 23.6 Å². The monoisotopic (exact) mass is 378 g/mol. The van der Waals surface area contributed by atoms with Gasteiger partial charge in [0.1, 0.15) is 0 Å². The number of carbonyl (C=O) groups excluding carboxylic acids is 1. The fourth-order valence-electron chi connectivity index (χ4n) is 4.17. The van der Waals surface area contributed by atoms with Crippen LogP contribution in [0.2, 0.25) is 0 Å². The maximum Gasteiger partial charge on any atom is 0.272 e. The summed E-state index contributed by atoms with van der Waals surface area (Å²) in [6, 6.07) is 28.3. The van der Waals surface area contributed by atoms with Crippen LogP contribution in [0.15, 0.2) is 103 Å². The Morgan fingerprint density at radius 3 is 2.31 bits per heavy atom. The van der Waals surface area contributed by atoms with E-state index in [9.17, 15) is 4.79 Å². The van der Waals surface area contributed by atoms with Crippen LogP contribution in [-0.4, -0.2) is 22.5 Å². The summed E-state index contributed by atoms with van der Waals surface area (Å²) in [5.74, 6) is 0.0106. The van der Waals surface area contributed by atoms with Crippen LogP contribution in [0.25, 0.3) is 6.08 Å². The highest BCUT2D eigenvalue weighted by Gasteiger charge is 2.39. The van der Waals surface area contributed by atoms with Crippen LogP contribution in [0, 0.1) is 0 Å². The molecule has 142 valence electrons. The SMILES string of the molecule is O=C(c1ccccc1)N1C(/C=C/c2ccccc2)=C[C@@H]2c3ccccc3CCN21. The summed E-state index contributed by atoms with van der Waals surface area (Å²) in [4.78, 5) is 13.4. The quantitative estimate of drug-likeness (QED) is 0.621. The summed E-state index contributed by atoms with van der Waals surface area (Å²) in [6.07, 6.45) is 7.27. The fraction of sp³-hybridized carbons (Fsp3) is 0.115. The molecule has 0 fully saturated rings. The van der Waals surface area contributed by atoms with Gasteiger partial charge in [-0.15, -0.1) is 0 Å². The van der Waals surface area contributed by atoms with Gasteiger partial charge in [0.2, 0.25) is 0 Å². The summed E-state index contributed by atoms with van der Waals surface area (Å²) < 4.78 is 0. The molecule has 0 bridgehead atoms. The zero-order valence-corrected chi connectivity index (χ0v) is 16.1. The third kappa shape index (κ3) is 3.30. The van der Waals surface area contributed by atoms with E-state index >= 15 is 0 Å². The molecule has 0 saturated carbocycles. The molecule has 1 amide bonds. The Labute approximate surface area is 171 Å². The van der Waals surface area contributed by atoms with Gasteiger partial charge < -0.3 is 0 Å². The van der Waals surface area contributed by atoms with Crippen LogP contribution in [0.5, 0.6) is 0 Å². The average molecular weight is 378 g/mol. The van der Waals surface area contributed by atoms with Gasteiger partial charge in [0, 0.05) is 12.1 Å². The number of allylic oxidation sites excluding steroid dienone is 1.